The maximum absolute atomic E-state index is 12.9. The van der Waals surface area contributed by atoms with E-state index in [9.17, 15) is 13.2 Å². The predicted molar refractivity (Wildman–Crippen MR) is 121 cm³/mol. The molecule has 0 unspecified atom stereocenters. The van der Waals surface area contributed by atoms with Gasteiger partial charge in [-0.2, -0.15) is 0 Å². The molecule has 0 saturated heterocycles. The fourth-order valence-electron chi connectivity index (χ4n) is 2.75. The summed E-state index contributed by atoms with van der Waals surface area (Å²) in [5.74, 6) is 0.721. The van der Waals surface area contributed by atoms with Crippen LogP contribution < -0.4 is 19.5 Å². The van der Waals surface area contributed by atoms with Crippen molar-refractivity contribution in [3.8, 4) is 11.5 Å². The maximum atomic E-state index is 12.9. The van der Waals surface area contributed by atoms with Crippen LogP contribution in [0.1, 0.15) is 17.3 Å². The zero-order valence-corrected chi connectivity index (χ0v) is 18.5. The van der Waals surface area contributed by atoms with E-state index >= 15 is 0 Å². The number of halogens is 1. The number of amides is 1. The highest BCUT2D eigenvalue weighted by Crippen LogP contribution is 2.26. The second kappa shape index (κ2) is 9.72. The molecule has 0 atom stereocenters. The van der Waals surface area contributed by atoms with Gasteiger partial charge >= 0.3 is 0 Å². The molecule has 0 aliphatic carbocycles. The Labute approximate surface area is 186 Å². The first-order chi connectivity index (χ1) is 14.8. The molecule has 0 aromatic heterocycles. The Balaban J connectivity index is 1.82. The highest BCUT2D eigenvalue weighted by atomic mass is 35.5. The lowest BCUT2D eigenvalue weighted by Gasteiger charge is -2.12. The van der Waals surface area contributed by atoms with E-state index in [-0.39, 0.29) is 15.5 Å². The van der Waals surface area contributed by atoms with Crippen molar-refractivity contribution in [2.75, 3.05) is 23.8 Å². The van der Waals surface area contributed by atoms with Gasteiger partial charge in [-0.05, 0) is 61.5 Å². The molecule has 3 aromatic carbocycles. The van der Waals surface area contributed by atoms with E-state index in [1.54, 1.807) is 48.5 Å². The molecule has 0 heterocycles. The molecular weight excluding hydrogens is 440 g/mol. The Morgan fingerprint density at radius 3 is 2.39 bits per heavy atom. The second-order valence-corrected chi connectivity index (χ2v) is 8.45. The van der Waals surface area contributed by atoms with Gasteiger partial charge in [-0.15, -0.1) is 0 Å². The summed E-state index contributed by atoms with van der Waals surface area (Å²) in [6.45, 7) is 2.36. The van der Waals surface area contributed by atoms with E-state index in [0.29, 0.717) is 29.5 Å². The highest BCUT2D eigenvalue weighted by Gasteiger charge is 2.21. The largest absolute Gasteiger partial charge is 0.497 e. The van der Waals surface area contributed by atoms with Crippen LogP contribution in [-0.2, 0) is 10.0 Å². The lowest BCUT2D eigenvalue weighted by Crippen LogP contribution is -2.16. The first-order valence-corrected chi connectivity index (χ1v) is 11.2. The van der Waals surface area contributed by atoms with E-state index in [2.05, 4.69) is 10.0 Å². The van der Waals surface area contributed by atoms with Gasteiger partial charge in [-0.1, -0.05) is 17.7 Å². The third-order valence-electron chi connectivity index (χ3n) is 4.23. The summed E-state index contributed by atoms with van der Waals surface area (Å²) in [5.41, 5.74) is 0.987. The minimum absolute atomic E-state index is 0.00336. The van der Waals surface area contributed by atoms with Gasteiger partial charge in [0.1, 0.15) is 16.4 Å². The first-order valence-electron chi connectivity index (χ1n) is 9.33. The number of anilines is 2. The third-order valence-corrected chi connectivity index (χ3v) is 6.09. The molecular formula is C22H21ClN2O5S. The number of hydrogen-bond donors (Lipinski definition) is 2. The highest BCUT2D eigenvalue weighted by molar-refractivity contribution is 7.92. The minimum atomic E-state index is -4.03. The van der Waals surface area contributed by atoms with Crippen LogP contribution >= 0.6 is 11.6 Å². The Morgan fingerprint density at radius 1 is 0.968 bits per heavy atom. The van der Waals surface area contributed by atoms with Crippen LogP contribution in [0.2, 0.25) is 5.02 Å². The molecule has 0 aliphatic heterocycles. The van der Waals surface area contributed by atoms with Crippen molar-refractivity contribution in [3.63, 3.8) is 0 Å². The van der Waals surface area contributed by atoms with Crippen LogP contribution in [0.4, 0.5) is 11.4 Å². The Kier molecular flexibility index (Phi) is 7.04. The van der Waals surface area contributed by atoms with Crippen LogP contribution in [0.25, 0.3) is 0 Å². The summed E-state index contributed by atoms with van der Waals surface area (Å²) in [7, 11) is -2.51. The standard InChI is InChI=1S/C22H21ClN2O5S/c1-3-30-18-10-8-16(9-11-18)25-31(27,28)21-13-15(7-12-20(21)23)22(26)24-17-5-4-6-19(14-17)29-2/h4-14,25H,3H2,1-2H3,(H,24,26). The molecule has 1 amide bonds. The van der Waals surface area contributed by atoms with Crippen LogP contribution in [0.5, 0.6) is 11.5 Å². The van der Waals surface area contributed by atoms with Crippen molar-refractivity contribution in [2.45, 2.75) is 11.8 Å². The molecule has 7 nitrogen and oxygen atoms in total. The molecule has 3 rings (SSSR count). The average Bonchev–Trinajstić information content (AvgIpc) is 2.75. The van der Waals surface area contributed by atoms with Gasteiger partial charge in [-0.3, -0.25) is 9.52 Å². The lowest BCUT2D eigenvalue weighted by atomic mass is 10.2. The number of hydrogen-bond acceptors (Lipinski definition) is 5. The molecule has 0 fully saturated rings. The molecule has 3 aromatic rings. The van der Waals surface area contributed by atoms with Crippen LogP contribution in [0, 0.1) is 0 Å². The molecule has 0 aliphatic rings. The fraction of sp³-hybridized carbons (Fsp3) is 0.136. The summed E-state index contributed by atoms with van der Waals surface area (Å²) in [4.78, 5) is 12.4. The molecule has 31 heavy (non-hydrogen) atoms. The molecule has 0 saturated carbocycles. The number of nitrogens with one attached hydrogen (secondary N) is 2. The lowest BCUT2D eigenvalue weighted by molar-refractivity contribution is 0.102. The first kappa shape index (κ1) is 22.5. The molecule has 0 radical (unpaired) electrons. The average molecular weight is 461 g/mol. The van der Waals surface area contributed by atoms with E-state index in [1.807, 2.05) is 6.92 Å². The van der Waals surface area contributed by atoms with Crippen molar-refractivity contribution in [1.82, 2.24) is 0 Å². The monoisotopic (exact) mass is 460 g/mol. The quantitative estimate of drug-likeness (QED) is 0.503. The topological polar surface area (TPSA) is 93.7 Å². The smallest absolute Gasteiger partial charge is 0.263 e. The van der Waals surface area contributed by atoms with Crippen molar-refractivity contribution >= 4 is 38.9 Å². The van der Waals surface area contributed by atoms with E-state index < -0.39 is 15.9 Å². The SMILES string of the molecule is CCOc1ccc(NS(=O)(=O)c2cc(C(=O)Nc3cccc(OC)c3)ccc2Cl)cc1. The van der Waals surface area contributed by atoms with Gasteiger partial charge in [0.05, 0.1) is 18.7 Å². The van der Waals surface area contributed by atoms with Crippen LogP contribution in [0.15, 0.2) is 71.6 Å². The molecule has 162 valence electrons. The third kappa shape index (κ3) is 5.68. The van der Waals surface area contributed by atoms with Crippen molar-refractivity contribution in [2.24, 2.45) is 0 Å². The van der Waals surface area contributed by atoms with E-state index in [0.717, 1.165) is 0 Å². The molecule has 0 spiro atoms. The second-order valence-electron chi connectivity index (χ2n) is 6.39. The van der Waals surface area contributed by atoms with Crippen molar-refractivity contribution in [3.05, 3.63) is 77.3 Å². The van der Waals surface area contributed by atoms with Gasteiger partial charge in [0.15, 0.2) is 0 Å². The summed E-state index contributed by atoms with van der Waals surface area (Å²) in [6.07, 6.45) is 0. The van der Waals surface area contributed by atoms with Crippen LogP contribution in [0.3, 0.4) is 0 Å². The number of sulfonamides is 1. The zero-order valence-electron chi connectivity index (χ0n) is 16.9. The van der Waals surface area contributed by atoms with Crippen LogP contribution in [-0.4, -0.2) is 28.0 Å². The van der Waals surface area contributed by atoms with Gasteiger partial charge in [0, 0.05) is 23.0 Å². The molecule has 9 heteroatoms. The summed E-state index contributed by atoms with van der Waals surface area (Å²) < 4.78 is 38.7. The number of ether oxygens (including phenoxy) is 2. The van der Waals surface area contributed by atoms with Crippen molar-refractivity contribution < 1.29 is 22.7 Å². The summed E-state index contributed by atoms with van der Waals surface area (Å²) in [6, 6.07) is 17.3. The summed E-state index contributed by atoms with van der Waals surface area (Å²) >= 11 is 6.13. The molecule has 2 N–H and O–H groups in total. The Bertz CT molecular complexity index is 1180. The van der Waals surface area contributed by atoms with Gasteiger partial charge in [0.2, 0.25) is 0 Å². The van der Waals surface area contributed by atoms with E-state index in [4.69, 9.17) is 21.1 Å². The Hall–Kier alpha value is -3.23. The molecule has 0 bridgehead atoms. The number of carbonyl (C=O) groups is 1. The van der Waals surface area contributed by atoms with Gasteiger partial charge in [-0.25, -0.2) is 8.42 Å². The number of carbonyl (C=O) groups excluding carboxylic acids is 1. The van der Waals surface area contributed by atoms with Gasteiger partial charge < -0.3 is 14.8 Å². The van der Waals surface area contributed by atoms with Gasteiger partial charge in [0.25, 0.3) is 15.9 Å². The number of rotatable bonds is 8. The number of methoxy groups -OCH3 is 1. The maximum Gasteiger partial charge on any atom is 0.263 e. The van der Waals surface area contributed by atoms with E-state index in [1.165, 1.54) is 25.3 Å². The Morgan fingerprint density at radius 2 is 1.71 bits per heavy atom. The zero-order chi connectivity index (χ0) is 22.4. The normalized spacial score (nSPS) is 10.9. The predicted octanol–water partition coefficient (Wildman–Crippen LogP) is 4.80. The van der Waals surface area contributed by atoms with Crippen molar-refractivity contribution in [1.29, 1.82) is 0 Å². The minimum Gasteiger partial charge on any atom is -0.497 e. The summed E-state index contributed by atoms with van der Waals surface area (Å²) in [5, 5.41) is 2.70. The number of benzene rings is 3. The fourth-order valence-corrected chi connectivity index (χ4v) is 4.34.